The summed E-state index contributed by atoms with van der Waals surface area (Å²) in [5.41, 5.74) is 11.5. The molecule has 0 bridgehead atoms. The summed E-state index contributed by atoms with van der Waals surface area (Å²) in [6, 6.07) is -0.388. The third kappa shape index (κ3) is 1.50. The maximum Gasteiger partial charge on any atom is 0.192 e. The van der Waals surface area contributed by atoms with Crippen molar-refractivity contribution in [3.8, 4) is 0 Å². The molecule has 0 saturated heterocycles. The van der Waals surface area contributed by atoms with Gasteiger partial charge in [0.25, 0.3) is 0 Å². The van der Waals surface area contributed by atoms with Gasteiger partial charge in [0, 0.05) is 11.7 Å². The van der Waals surface area contributed by atoms with Crippen molar-refractivity contribution in [2.75, 3.05) is 0 Å². The SMILES string of the molecule is CC(N)C1C(N)=CC=CC1(O)O. The first-order valence-corrected chi connectivity index (χ1v) is 3.80. The van der Waals surface area contributed by atoms with E-state index >= 15 is 0 Å². The van der Waals surface area contributed by atoms with Gasteiger partial charge in [0.1, 0.15) is 0 Å². The van der Waals surface area contributed by atoms with Crippen molar-refractivity contribution in [1.82, 2.24) is 0 Å². The van der Waals surface area contributed by atoms with Crippen molar-refractivity contribution >= 4 is 0 Å². The third-order valence-corrected chi connectivity index (χ3v) is 1.97. The quantitative estimate of drug-likeness (QED) is 0.381. The van der Waals surface area contributed by atoms with Crippen molar-refractivity contribution in [3.05, 3.63) is 23.9 Å². The summed E-state index contributed by atoms with van der Waals surface area (Å²) < 4.78 is 0. The Bertz CT molecular complexity index is 231. The molecule has 1 aliphatic rings. The Balaban J connectivity index is 2.95. The summed E-state index contributed by atoms with van der Waals surface area (Å²) in [6.07, 6.45) is 4.41. The van der Waals surface area contributed by atoms with E-state index in [4.69, 9.17) is 11.5 Å². The Morgan fingerprint density at radius 3 is 2.50 bits per heavy atom. The summed E-state index contributed by atoms with van der Waals surface area (Å²) in [7, 11) is 0. The highest BCUT2D eigenvalue weighted by Crippen LogP contribution is 2.27. The molecule has 1 aliphatic carbocycles. The smallest absolute Gasteiger partial charge is 0.192 e. The first-order chi connectivity index (χ1) is 5.45. The van der Waals surface area contributed by atoms with Gasteiger partial charge >= 0.3 is 0 Å². The van der Waals surface area contributed by atoms with Crippen LogP contribution in [0.25, 0.3) is 0 Å². The molecule has 0 heterocycles. The van der Waals surface area contributed by atoms with Crippen molar-refractivity contribution in [2.24, 2.45) is 17.4 Å². The van der Waals surface area contributed by atoms with Gasteiger partial charge in [-0.15, -0.1) is 0 Å². The molecule has 4 heteroatoms. The number of hydrogen-bond acceptors (Lipinski definition) is 4. The summed E-state index contributed by atoms with van der Waals surface area (Å²) in [4.78, 5) is 0. The molecule has 12 heavy (non-hydrogen) atoms. The molecule has 0 saturated carbocycles. The zero-order chi connectivity index (χ0) is 9.35. The molecule has 4 nitrogen and oxygen atoms in total. The minimum atomic E-state index is -1.91. The second-order valence-corrected chi connectivity index (χ2v) is 3.15. The van der Waals surface area contributed by atoms with Gasteiger partial charge < -0.3 is 21.7 Å². The van der Waals surface area contributed by atoms with Crippen molar-refractivity contribution in [1.29, 1.82) is 0 Å². The zero-order valence-corrected chi connectivity index (χ0v) is 6.94. The number of rotatable bonds is 1. The predicted octanol–water partition coefficient (Wildman–Crippen LogP) is -0.957. The van der Waals surface area contributed by atoms with E-state index in [0.29, 0.717) is 5.70 Å². The fourth-order valence-electron chi connectivity index (χ4n) is 1.44. The number of aliphatic hydroxyl groups is 2. The Kier molecular flexibility index (Phi) is 2.23. The molecule has 0 radical (unpaired) electrons. The molecule has 68 valence electrons. The lowest BCUT2D eigenvalue weighted by atomic mass is 9.86. The topological polar surface area (TPSA) is 92.5 Å². The number of nitrogens with two attached hydrogens (primary N) is 2. The van der Waals surface area contributed by atoms with E-state index in [1.54, 1.807) is 13.0 Å². The molecule has 0 aromatic heterocycles. The molecule has 0 spiro atoms. The maximum atomic E-state index is 9.44. The van der Waals surface area contributed by atoms with Crippen LogP contribution >= 0.6 is 0 Å². The molecular weight excluding hydrogens is 156 g/mol. The third-order valence-electron chi connectivity index (χ3n) is 1.97. The molecule has 0 fully saturated rings. The standard InChI is InChI=1S/C8H14N2O2/c1-5(9)7-6(10)3-2-4-8(7,11)12/h2-5,7,11-12H,9-10H2,1H3. The molecule has 2 unspecified atom stereocenters. The molecule has 0 amide bonds. The van der Waals surface area contributed by atoms with Gasteiger partial charge in [0.15, 0.2) is 5.79 Å². The summed E-state index contributed by atoms with van der Waals surface area (Å²) >= 11 is 0. The number of hydrogen-bond donors (Lipinski definition) is 4. The molecular formula is C8H14N2O2. The highest BCUT2D eigenvalue weighted by molar-refractivity contribution is 5.25. The Morgan fingerprint density at radius 2 is 2.17 bits per heavy atom. The minimum Gasteiger partial charge on any atom is -0.402 e. The summed E-state index contributed by atoms with van der Waals surface area (Å²) in [6.45, 7) is 1.69. The van der Waals surface area contributed by atoms with Crippen LogP contribution in [0.1, 0.15) is 6.92 Å². The maximum absolute atomic E-state index is 9.44. The van der Waals surface area contributed by atoms with E-state index in [1.165, 1.54) is 12.2 Å². The first kappa shape index (κ1) is 9.25. The predicted molar refractivity (Wildman–Crippen MR) is 45.7 cm³/mol. The van der Waals surface area contributed by atoms with Crippen molar-refractivity contribution in [2.45, 2.75) is 18.8 Å². The van der Waals surface area contributed by atoms with E-state index in [0.717, 1.165) is 0 Å². The van der Waals surface area contributed by atoms with E-state index in [9.17, 15) is 10.2 Å². The van der Waals surface area contributed by atoms with E-state index in [-0.39, 0.29) is 6.04 Å². The Morgan fingerprint density at radius 1 is 1.58 bits per heavy atom. The van der Waals surface area contributed by atoms with Gasteiger partial charge in [-0.05, 0) is 19.1 Å². The van der Waals surface area contributed by atoms with E-state index < -0.39 is 11.7 Å². The lowest BCUT2D eigenvalue weighted by molar-refractivity contribution is -0.155. The average Bonchev–Trinajstić information content (AvgIpc) is 1.82. The van der Waals surface area contributed by atoms with Crippen LogP contribution in [0.4, 0.5) is 0 Å². The monoisotopic (exact) mass is 170 g/mol. The summed E-state index contributed by atoms with van der Waals surface area (Å²) in [5.74, 6) is -2.53. The van der Waals surface area contributed by atoms with Crippen molar-refractivity contribution in [3.63, 3.8) is 0 Å². The van der Waals surface area contributed by atoms with Crippen LogP contribution in [-0.2, 0) is 0 Å². The largest absolute Gasteiger partial charge is 0.402 e. The fourth-order valence-corrected chi connectivity index (χ4v) is 1.44. The van der Waals surface area contributed by atoms with Crippen LogP contribution in [0.5, 0.6) is 0 Å². The second kappa shape index (κ2) is 2.90. The Hall–Kier alpha value is -0.840. The normalized spacial score (nSPS) is 29.7. The van der Waals surface area contributed by atoms with Crippen molar-refractivity contribution < 1.29 is 10.2 Å². The van der Waals surface area contributed by atoms with Crippen LogP contribution in [0.15, 0.2) is 23.9 Å². The van der Waals surface area contributed by atoms with Gasteiger partial charge in [0.2, 0.25) is 0 Å². The Labute approximate surface area is 71.2 Å². The van der Waals surface area contributed by atoms with Gasteiger partial charge in [-0.1, -0.05) is 6.08 Å². The zero-order valence-electron chi connectivity index (χ0n) is 6.94. The van der Waals surface area contributed by atoms with Gasteiger partial charge in [-0.25, -0.2) is 0 Å². The van der Waals surface area contributed by atoms with Gasteiger partial charge in [-0.2, -0.15) is 0 Å². The van der Waals surface area contributed by atoms with Crippen LogP contribution in [0.3, 0.4) is 0 Å². The molecule has 0 aliphatic heterocycles. The van der Waals surface area contributed by atoms with Crippen LogP contribution in [-0.4, -0.2) is 22.0 Å². The minimum absolute atomic E-state index is 0.388. The highest BCUT2D eigenvalue weighted by atomic mass is 16.5. The first-order valence-electron chi connectivity index (χ1n) is 3.80. The molecule has 2 atom stereocenters. The average molecular weight is 170 g/mol. The van der Waals surface area contributed by atoms with Gasteiger partial charge in [-0.3, -0.25) is 0 Å². The fraction of sp³-hybridized carbons (Fsp3) is 0.500. The van der Waals surface area contributed by atoms with E-state index in [2.05, 4.69) is 0 Å². The molecule has 1 rings (SSSR count). The van der Waals surface area contributed by atoms with Crippen LogP contribution < -0.4 is 11.5 Å². The number of allylic oxidation sites excluding steroid dienone is 2. The van der Waals surface area contributed by atoms with Crippen LogP contribution in [0.2, 0.25) is 0 Å². The molecule has 0 aromatic rings. The summed E-state index contributed by atoms with van der Waals surface area (Å²) in [5, 5.41) is 18.9. The second-order valence-electron chi connectivity index (χ2n) is 3.15. The lowest BCUT2D eigenvalue weighted by Gasteiger charge is -2.33. The highest BCUT2D eigenvalue weighted by Gasteiger charge is 2.37. The van der Waals surface area contributed by atoms with E-state index in [1.807, 2.05) is 0 Å². The molecule has 0 aromatic carbocycles. The van der Waals surface area contributed by atoms with Crippen LogP contribution in [0, 0.1) is 5.92 Å². The molecule has 6 N–H and O–H groups in total. The van der Waals surface area contributed by atoms with Gasteiger partial charge in [0.05, 0.1) is 5.92 Å². The lowest BCUT2D eigenvalue weighted by Crippen LogP contribution is -2.48.